The summed E-state index contributed by atoms with van der Waals surface area (Å²) in [6.45, 7) is 3.48. The van der Waals surface area contributed by atoms with Crippen LogP contribution >= 0.6 is 0 Å². The number of nitrogens with zero attached hydrogens (tertiary/aromatic N) is 2. The van der Waals surface area contributed by atoms with Gasteiger partial charge in [-0.3, -0.25) is 4.79 Å². The molecule has 0 atom stereocenters. The van der Waals surface area contributed by atoms with Gasteiger partial charge in [0.2, 0.25) is 0 Å². The van der Waals surface area contributed by atoms with Gasteiger partial charge in [-0.2, -0.15) is 0 Å². The molecule has 0 spiro atoms. The van der Waals surface area contributed by atoms with Crippen LogP contribution in [0.1, 0.15) is 6.42 Å². The zero-order valence-electron chi connectivity index (χ0n) is 13.2. The Labute approximate surface area is 137 Å². The summed E-state index contributed by atoms with van der Waals surface area (Å²) >= 11 is 0. The summed E-state index contributed by atoms with van der Waals surface area (Å²) in [5.41, 5.74) is 1.22. The van der Waals surface area contributed by atoms with Crippen LogP contribution in [0.5, 0.6) is 5.75 Å². The van der Waals surface area contributed by atoms with Crippen molar-refractivity contribution in [1.82, 2.24) is 4.90 Å². The average molecular weight is 310 g/mol. The van der Waals surface area contributed by atoms with E-state index in [1.165, 1.54) is 5.69 Å². The van der Waals surface area contributed by atoms with Gasteiger partial charge in [0.15, 0.2) is 6.61 Å². The van der Waals surface area contributed by atoms with E-state index in [1.54, 1.807) is 0 Å². The van der Waals surface area contributed by atoms with Crippen LogP contribution in [0.25, 0.3) is 0 Å². The quantitative estimate of drug-likeness (QED) is 0.870. The Balaban J connectivity index is 1.52. The predicted octanol–water partition coefficient (Wildman–Crippen LogP) is 2.80. The van der Waals surface area contributed by atoms with E-state index in [0.717, 1.165) is 38.3 Å². The lowest BCUT2D eigenvalue weighted by atomic mass is 10.3. The highest BCUT2D eigenvalue weighted by atomic mass is 16.5. The fraction of sp³-hybridized carbons (Fsp3) is 0.316. The smallest absolute Gasteiger partial charge is 0.260 e. The molecule has 0 aromatic heterocycles. The topological polar surface area (TPSA) is 32.8 Å². The highest BCUT2D eigenvalue weighted by molar-refractivity contribution is 5.77. The van der Waals surface area contributed by atoms with Gasteiger partial charge in [-0.15, -0.1) is 0 Å². The molecule has 1 aliphatic heterocycles. The molecule has 3 rings (SSSR count). The first-order chi connectivity index (χ1) is 11.3. The van der Waals surface area contributed by atoms with Crippen molar-refractivity contribution < 1.29 is 9.53 Å². The summed E-state index contributed by atoms with van der Waals surface area (Å²) < 4.78 is 5.57. The number of rotatable bonds is 4. The van der Waals surface area contributed by atoms with E-state index < -0.39 is 0 Å². The zero-order chi connectivity index (χ0) is 15.9. The van der Waals surface area contributed by atoms with Gasteiger partial charge in [-0.05, 0) is 30.7 Å². The molecule has 1 aliphatic rings. The fourth-order valence-corrected chi connectivity index (χ4v) is 2.82. The lowest BCUT2D eigenvalue weighted by Crippen LogP contribution is -2.38. The van der Waals surface area contributed by atoms with Gasteiger partial charge in [-0.1, -0.05) is 36.4 Å². The molecular weight excluding hydrogens is 288 g/mol. The van der Waals surface area contributed by atoms with E-state index in [1.807, 2.05) is 41.3 Å². The Morgan fingerprint density at radius 1 is 0.870 bits per heavy atom. The normalized spacial score (nSPS) is 15.1. The molecule has 0 bridgehead atoms. The third kappa shape index (κ3) is 4.25. The van der Waals surface area contributed by atoms with Crippen LogP contribution in [0.2, 0.25) is 0 Å². The van der Waals surface area contributed by atoms with E-state index in [0.29, 0.717) is 0 Å². The first-order valence-corrected chi connectivity index (χ1v) is 8.08. The summed E-state index contributed by atoms with van der Waals surface area (Å²) in [7, 11) is 0. The lowest BCUT2D eigenvalue weighted by molar-refractivity contribution is -0.133. The number of anilines is 1. The van der Waals surface area contributed by atoms with Crippen molar-refractivity contribution in [3.05, 3.63) is 60.7 Å². The zero-order valence-corrected chi connectivity index (χ0v) is 13.2. The monoisotopic (exact) mass is 310 g/mol. The molecule has 1 saturated heterocycles. The number of carbonyl (C=O) groups is 1. The van der Waals surface area contributed by atoms with Crippen molar-refractivity contribution in [1.29, 1.82) is 0 Å². The van der Waals surface area contributed by atoms with E-state index in [-0.39, 0.29) is 12.5 Å². The molecule has 120 valence electrons. The van der Waals surface area contributed by atoms with Crippen molar-refractivity contribution >= 4 is 11.6 Å². The van der Waals surface area contributed by atoms with Gasteiger partial charge in [0.1, 0.15) is 5.75 Å². The van der Waals surface area contributed by atoms with Crippen LogP contribution < -0.4 is 9.64 Å². The van der Waals surface area contributed by atoms with E-state index in [2.05, 4.69) is 29.2 Å². The van der Waals surface area contributed by atoms with Gasteiger partial charge < -0.3 is 14.5 Å². The van der Waals surface area contributed by atoms with Crippen molar-refractivity contribution in [2.75, 3.05) is 37.7 Å². The maximum absolute atomic E-state index is 12.3. The molecule has 0 aliphatic carbocycles. The van der Waals surface area contributed by atoms with Crippen LogP contribution in [0.4, 0.5) is 5.69 Å². The lowest BCUT2D eigenvalue weighted by Gasteiger charge is -2.23. The SMILES string of the molecule is O=C(COc1ccccc1)N1CCCN(c2ccccc2)CC1. The van der Waals surface area contributed by atoms with Gasteiger partial charge in [-0.25, -0.2) is 0 Å². The molecule has 1 amide bonds. The van der Waals surface area contributed by atoms with Crippen molar-refractivity contribution in [3.8, 4) is 5.75 Å². The second-order valence-corrected chi connectivity index (χ2v) is 5.66. The first kappa shape index (κ1) is 15.4. The molecule has 0 unspecified atom stereocenters. The molecule has 0 radical (unpaired) electrons. The van der Waals surface area contributed by atoms with Crippen LogP contribution in [-0.4, -0.2) is 43.6 Å². The molecule has 0 N–H and O–H groups in total. The Kier molecular flexibility index (Phi) is 5.14. The van der Waals surface area contributed by atoms with Crippen LogP contribution in [0, 0.1) is 0 Å². The third-order valence-corrected chi connectivity index (χ3v) is 4.08. The number of amides is 1. The van der Waals surface area contributed by atoms with E-state index in [9.17, 15) is 4.79 Å². The van der Waals surface area contributed by atoms with Crippen LogP contribution in [0.3, 0.4) is 0 Å². The Morgan fingerprint density at radius 2 is 1.57 bits per heavy atom. The molecular formula is C19H22N2O2. The van der Waals surface area contributed by atoms with Crippen molar-refractivity contribution in [2.24, 2.45) is 0 Å². The number of benzene rings is 2. The summed E-state index contributed by atoms with van der Waals surface area (Å²) in [6.07, 6.45) is 0.978. The Bertz CT molecular complexity index is 616. The second-order valence-electron chi connectivity index (χ2n) is 5.66. The van der Waals surface area contributed by atoms with Gasteiger partial charge >= 0.3 is 0 Å². The fourth-order valence-electron chi connectivity index (χ4n) is 2.82. The van der Waals surface area contributed by atoms with Crippen LogP contribution in [0.15, 0.2) is 60.7 Å². The number of carbonyl (C=O) groups excluding carboxylic acids is 1. The molecule has 1 heterocycles. The predicted molar refractivity (Wildman–Crippen MR) is 91.8 cm³/mol. The molecule has 4 nitrogen and oxygen atoms in total. The van der Waals surface area contributed by atoms with Gasteiger partial charge in [0.25, 0.3) is 5.91 Å². The van der Waals surface area contributed by atoms with E-state index >= 15 is 0 Å². The van der Waals surface area contributed by atoms with Crippen molar-refractivity contribution in [3.63, 3.8) is 0 Å². The van der Waals surface area contributed by atoms with Crippen molar-refractivity contribution in [2.45, 2.75) is 6.42 Å². The minimum atomic E-state index is 0.0590. The minimum Gasteiger partial charge on any atom is -0.484 e. The summed E-state index contributed by atoms with van der Waals surface area (Å²) in [5, 5.41) is 0. The van der Waals surface area contributed by atoms with E-state index in [4.69, 9.17) is 4.74 Å². The standard InChI is InChI=1S/C19H22N2O2/c22-19(16-23-18-10-5-2-6-11-18)21-13-7-12-20(14-15-21)17-8-3-1-4-9-17/h1-6,8-11H,7,12-16H2. The molecule has 1 fully saturated rings. The first-order valence-electron chi connectivity index (χ1n) is 8.08. The number of hydrogen-bond acceptors (Lipinski definition) is 3. The Morgan fingerprint density at radius 3 is 2.30 bits per heavy atom. The molecule has 2 aromatic carbocycles. The summed E-state index contributed by atoms with van der Waals surface area (Å²) in [5.74, 6) is 0.797. The van der Waals surface area contributed by atoms with Gasteiger partial charge in [0.05, 0.1) is 0 Å². The second kappa shape index (κ2) is 7.68. The van der Waals surface area contributed by atoms with Gasteiger partial charge in [0, 0.05) is 31.9 Å². The number of hydrogen-bond donors (Lipinski definition) is 0. The third-order valence-electron chi connectivity index (χ3n) is 4.08. The molecule has 4 heteroatoms. The average Bonchev–Trinajstić information content (AvgIpc) is 2.87. The molecule has 23 heavy (non-hydrogen) atoms. The largest absolute Gasteiger partial charge is 0.484 e. The number of ether oxygens (including phenoxy) is 1. The van der Waals surface area contributed by atoms with Crippen LogP contribution in [-0.2, 0) is 4.79 Å². The molecule has 2 aromatic rings. The highest BCUT2D eigenvalue weighted by Gasteiger charge is 2.19. The molecule has 0 saturated carbocycles. The Hall–Kier alpha value is -2.49. The minimum absolute atomic E-state index is 0.0590. The highest BCUT2D eigenvalue weighted by Crippen LogP contribution is 2.16. The maximum atomic E-state index is 12.3. The maximum Gasteiger partial charge on any atom is 0.260 e. The summed E-state index contributed by atoms with van der Waals surface area (Å²) in [4.78, 5) is 16.6. The summed E-state index contributed by atoms with van der Waals surface area (Å²) in [6, 6.07) is 19.9. The number of para-hydroxylation sites is 2.